The van der Waals surface area contributed by atoms with Gasteiger partial charge in [-0.15, -0.1) is 0 Å². The van der Waals surface area contributed by atoms with E-state index in [1.165, 1.54) is 0 Å². The molecule has 2 atom stereocenters. The van der Waals surface area contributed by atoms with Gasteiger partial charge in [-0.05, 0) is 12.0 Å². The van der Waals surface area contributed by atoms with Gasteiger partial charge in [0.05, 0.1) is 6.04 Å². The van der Waals surface area contributed by atoms with E-state index in [1.807, 2.05) is 0 Å². The molecule has 0 spiro atoms. The molecule has 0 aliphatic carbocycles. The number of amides is 1. The molecular weight excluding hydrogens is 220 g/mol. The van der Waals surface area contributed by atoms with E-state index in [-0.39, 0.29) is 0 Å². The first kappa shape index (κ1) is 13.2. The first-order chi connectivity index (χ1) is 8.06. The molecular formula is C12H16N2O3. The Morgan fingerprint density at radius 1 is 1.35 bits per heavy atom. The molecule has 92 valence electrons. The fourth-order valence-electron chi connectivity index (χ4n) is 1.37. The van der Waals surface area contributed by atoms with Crippen molar-refractivity contribution in [3.05, 3.63) is 35.9 Å². The highest BCUT2D eigenvalue weighted by Gasteiger charge is 2.23. The highest BCUT2D eigenvalue weighted by molar-refractivity contribution is 5.87. The summed E-state index contributed by atoms with van der Waals surface area (Å²) in [5.74, 6) is -1.56. The van der Waals surface area contributed by atoms with Gasteiger partial charge in [0.15, 0.2) is 6.04 Å². The minimum absolute atomic E-state index is 0.455. The van der Waals surface area contributed by atoms with Crippen molar-refractivity contribution >= 4 is 11.9 Å². The van der Waals surface area contributed by atoms with Crippen LogP contribution in [0.2, 0.25) is 0 Å². The van der Waals surface area contributed by atoms with Crippen LogP contribution in [0.3, 0.4) is 0 Å². The van der Waals surface area contributed by atoms with Crippen LogP contribution in [0.25, 0.3) is 0 Å². The van der Waals surface area contributed by atoms with E-state index in [0.717, 1.165) is 0 Å². The van der Waals surface area contributed by atoms with Crippen LogP contribution in [0.5, 0.6) is 0 Å². The normalized spacial score (nSPS) is 13.8. The van der Waals surface area contributed by atoms with Gasteiger partial charge in [-0.3, -0.25) is 4.79 Å². The van der Waals surface area contributed by atoms with Crippen LogP contribution in [0.1, 0.15) is 24.9 Å². The lowest BCUT2D eigenvalue weighted by molar-refractivity contribution is -0.142. The number of rotatable bonds is 5. The Bertz CT molecular complexity index is 392. The fraction of sp³-hybridized carbons (Fsp3) is 0.333. The molecule has 0 aliphatic heterocycles. The maximum absolute atomic E-state index is 11.6. The van der Waals surface area contributed by atoms with Crippen LogP contribution >= 0.6 is 0 Å². The van der Waals surface area contributed by atoms with Gasteiger partial charge in [0.1, 0.15) is 0 Å². The average Bonchev–Trinajstić information content (AvgIpc) is 2.35. The molecule has 0 radical (unpaired) electrons. The number of nitrogens with two attached hydrogens (primary N) is 1. The molecule has 2 unspecified atom stereocenters. The lowest BCUT2D eigenvalue weighted by Gasteiger charge is -2.17. The molecule has 1 aromatic rings. The van der Waals surface area contributed by atoms with Crippen LogP contribution in [-0.2, 0) is 9.59 Å². The minimum atomic E-state index is -1.10. The van der Waals surface area contributed by atoms with E-state index in [1.54, 1.807) is 37.3 Å². The molecule has 0 bridgehead atoms. The van der Waals surface area contributed by atoms with Crippen molar-refractivity contribution in [3.63, 3.8) is 0 Å². The van der Waals surface area contributed by atoms with Crippen molar-refractivity contribution < 1.29 is 14.7 Å². The number of benzene rings is 1. The predicted octanol–water partition coefficient (Wildman–Crippen LogP) is 0.666. The van der Waals surface area contributed by atoms with Gasteiger partial charge < -0.3 is 16.2 Å². The quantitative estimate of drug-likeness (QED) is 0.700. The van der Waals surface area contributed by atoms with Gasteiger partial charge in [-0.25, -0.2) is 4.79 Å². The monoisotopic (exact) mass is 236 g/mol. The molecule has 0 fully saturated rings. The fourth-order valence-corrected chi connectivity index (χ4v) is 1.37. The summed E-state index contributed by atoms with van der Waals surface area (Å²) in [6.07, 6.45) is 0.465. The predicted molar refractivity (Wildman–Crippen MR) is 63.2 cm³/mol. The highest BCUT2D eigenvalue weighted by atomic mass is 16.4. The smallest absolute Gasteiger partial charge is 0.330 e. The van der Waals surface area contributed by atoms with E-state index in [0.29, 0.717) is 12.0 Å². The van der Waals surface area contributed by atoms with Crippen molar-refractivity contribution in [2.24, 2.45) is 5.73 Å². The zero-order valence-corrected chi connectivity index (χ0v) is 9.59. The second-order valence-corrected chi connectivity index (χ2v) is 3.71. The third-order valence-corrected chi connectivity index (χ3v) is 2.44. The number of carboxylic acids is 1. The van der Waals surface area contributed by atoms with Crippen molar-refractivity contribution in [2.45, 2.75) is 25.4 Å². The molecule has 4 N–H and O–H groups in total. The van der Waals surface area contributed by atoms with E-state index in [2.05, 4.69) is 5.32 Å². The molecule has 0 saturated carbocycles. The first-order valence-electron chi connectivity index (χ1n) is 5.40. The van der Waals surface area contributed by atoms with Crippen LogP contribution in [0, 0.1) is 0 Å². The van der Waals surface area contributed by atoms with Gasteiger partial charge in [-0.1, -0.05) is 37.3 Å². The van der Waals surface area contributed by atoms with Crippen LogP contribution in [0.4, 0.5) is 0 Å². The van der Waals surface area contributed by atoms with E-state index in [4.69, 9.17) is 10.8 Å². The topological polar surface area (TPSA) is 92.4 Å². The first-order valence-corrected chi connectivity index (χ1v) is 5.40. The Morgan fingerprint density at radius 2 is 1.94 bits per heavy atom. The summed E-state index contributed by atoms with van der Waals surface area (Å²) in [7, 11) is 0. The largest absolute Gasteiger partial charge is 0.479 e. The maximum Gasteiger partial charge on any atom is 0.330 e. The third-order valence-electron chi connectivity index (χ3n) is 2.44. The molecule has 17 heavy (non-hydrogen) atoms. The summed E-state index contributed by atoms with van der Waals surface area (Å²) in [6, 6.07) is 6.78. The summed E-state index contributed by atoms with van der Waals surface area (Å²) in [4.78, 5) is 22.7. The highest BCUT2D eigenvalue weighted by Crippen LogP contribution is 2.12. The molecule has 0 saturated heterocycles. The number of aliphatic carboxylic acids is 1. The molecule has 0 heterocycles. The summed E-state index contributed by atoms with van der Waals surface area (Å²) >= 11 is 0. The van der Waals surface area contributed by atoms with Crippen molar-refractivity contribution in [1.82, 2.24) is 5.32 Å². The van der Waals surface area contributed by atoms with E-state index in [9.17, 15) is 9.59 Å². The zero-order chi connectivity index (χ0) is 12.8. The lowest BCUT2D eigenvalue weighted by Crippen LogP contribution is -2.43. The van der Waals surface area contributed by atoms with Gasteiger partial charge in [-0.2, -0.15) is 0 Å². The van der Waals surface area contributed by atoms with Crippen LogP contribution in [0.15, 0.2) is 30.3 Å². The van der Waals surface area contributed by atoms with Crippen molar-refractivity contribution in [3.8, 4) is 0 Å². The van der Waals surface area contributed by atoms with E-state index >= 15 is 0 Å². The van der Waals surface area contributed by atoms with Crippen molar-refractivity contribution in [2.75, 3.05) is 0 Å². The number of carbonyl (C=O) groups excluding carboxylic acids is 1. The molecule has 1 aromatic carbocycles. The third kappa shape index (κ3) is 3.57. The van der Waals surface area contributed by atoms with Crippen LogP contribution in [-0.4, -0.2) is 23.0 Å². The molecule has 5 nitrogen and oxygen atoms in total. The van der Waals surface area contributed by atoms with Gasteiger partial charge in [0.25, 0.3) is 0 Å². The Kier molecular flexibility index (Phi) is 4.66. The second kappa shape index (κ2) is 6.00. The lowest BCUT2D eigenvalue weighted by atomic mass is 10.1. The molecule has 1 amide bonds. The molecule has 0 aliphatic rings. The Morgan fingerprint density at radius 3 is 2.41 bits per heavy atom. The summed E-state index contributed by atoms with van der Waals surface area (Å²) in [6.45, 7) is 1.77. The zero-order valence-electron chi connectivity index (χ0n) is 9.59. The maximum atomic E-state index is 11.6. The Hall–Kier alpha value is -1.88. The van der Waals surface area contributed by atoms with Crippen molar-refractivity contribution in [1.29, 1.82) is 0 Å². The van der Waals surface area contributed by atoms with Gasteiger partial charge in [0, 0.05) is 0 Å². The van der Waals surface area contributed by atoms with E-state index < -0.39 is 24.0 Å². The molecule has 5 heteroatoms. The molecule has 0 aromatic heterocycles. The standard InChI is InChI=1S/C12H16N2O3/c1-2-9(13)11(15)14-10(12(16)17)8-6-4-3-5-7-8/h3-7,9-10H,2,13H2,1H3,(H,14,15)(H,16,17). The number of hydrogen-bond acceptors (Lipinski definition) is 3. The minimum Gasteiger partial charge on any atom is -0.479 e. The number of nitrogens with one attached hydrogen (secondary N) is 1. The summed E-state index contributed by atoms with van der Waals surface area (Å²) in [5, 5.41) is 11.5. The summed E-state index contributed by atoms with van der Waals surface area (Å²) in [5.41, 5.74) is 6.06. The second-order valence-electron chi connectivity index (χ2n) is 3.71. The van der Waals surface area contributed by atoms with Gasteiger partial charge in [0.2, 0.25) is 5.91 Å². The number of carboxylic acid groups (broad SMARTS) is 1. The Labute approximate surface area is 99.6 Å². The van der Waals surface area contributed by atoms with Crippen LogP contribution < -0.4 is 11.1 Å². The number of carbonyl (C=O) groups is 2. The molecule has 1 rings (SSSR count). The Balaban J connectivity index is 2.82. The summed E-state index contributed by atoms with van der Waals surface area (Å²) < 4.78 is 0. The van der Waals surface area contributed by atoms with Gasteiger partial charge >= 0.3 is 5.97 Å². The SMILES string of the molecule is CCC(N)C(=O)NC(C(=O)O)c1ccccc1. The average molecular weight is 236 g/mol. The number of hydrogen-bond donors (Lipinski definition) is 3.